The van der Waals surface area contributed by atoms with Gasteiger partial charge in [-0.2, -0.15) is 0 Å². The van der Waals surface area contributed by atoms with Gasteiger partial charge in [0.1, 0.15) is 67.1 Å². The van der Waals surface area contributed by atoms with Gasteiger partial charge < -0.3 is 89.9 Å². The van der Waals surface area contributed by atoms with Crippen LogP contribution in [0.2, 0.25) is 25.7 Å². The van der Waals surface area contributed by atoms with E-state index in [-0.39, 0.29) is 6.61 Å². The maximum atomic E-state index is 12.7. The minimum atomic E-state index is -3.01. The van der Waals surface area contributed by atoms with Crippen LogP contribution in [0.25, 0.3) is 0 Å². The predicted octanol–water partition coefficient (Wildman–Crippen LogP) is -5.86. The molecule has 0 aromatic heterocycles. The molecule has 0 unspecified atom stereocenters. The van der Waals surface area contributed by atoms with Gasteiger partial charge in [-0.1, -0.05) is 19.6 Å². The Bertz CT molecular complexity index is 1080. The number of rotatable bonds is 15. The van der Waals surface area contributed by atoms with E-state index in [0.717, 1.165) is 6.92 Å². The van der Waals surface area contributed by atoms with Crippen LogP contribution < -0.4 is 5.32 Å². The molecule has 0 aromatic carbocycles. The number of carbonyl (C=O) groups is 2. The first kappa shape index (κ1) is 41.9. The van der Waals surface area contributed by atoms with Crippen molar-refractivity contribution in [2.24, 2.45) is 0 Å². The van der Waals surface area contributed by atoms with E-state index in [0.29, 0.717) is 6.04 Å². The second-order valence-electron chi connectivity index (χ2n) is 13.7. The Kier molecular flexibility index (Phi) is 14.9. The lowest BCUT2D eigenvalue weighted by molar-refractivity contribution is -0.386. The first-order valence-corrected chi connectivity index (χ1v) is 19.5. The highest BCUT2D eigenvalue weighted by atomic mass is 28.3. The Morgan fingerprint density at radius 2 is 1.51 bits per heavy atom. The van der Waals surface area contributed by atoms with Crippen LogP contribution in [0.3, 0.4) is 0 Å². The van der Waals surface area contributed by atoms with E-state index in [4.69, 9.17) is 28.4 Å². The number of amides is 1. The summed E-state index contributed by atoms with van der Waals surface area (Å²) in [5.74, 6) is -5.70. The van der Waals surface area contributed by atoms with Crippen molar-refractivity contribution in [1.82, 2.24) is 5.32 Å². The Morgan fingerprint density at radius 1 is 0.898 bits per heavy atom. The first-order chi connectivity index (χ1) is 22.8. The number of nitrogens with one attached hydrogen (secondary N) is 1. The van der Waals surface area contributed by atoms with Crippen LogP contribution >= 0.6 is 0 Å². The van der Waals surface area contributed by atoms with Gasteiger partial charge in [0.25, 0.3) is 5.79 Å². The molecule has 1 amide bonds. The molecule has 12 N–H and O–H groups in total. The lowest BCUT2D eigenvalue weighted by Gasteiger charge is -2.50. The summed E-state index contributed by atoms with van der Waals surface area (Å²) >= 11 is 0. The Labute approximate surface area is 282 Å². The maximum absolute atomic E-state index is 12.7. The van der Waals surface area contributed by atoms with Crippen LogP contribution in [0.4, 0.5) is 0 Å². The third-order valence-corrected chi connectivity index (χ3v) is 10.3. The highest BCUT2D eigenvalue weighted by molar-refractivity contribution is 6.76. The normalized spacial score (nSPS) is 41.6. The summed E-state index contributed by atoms with van der Waals surface area (Å²) in [6.07, 6.45) is -26.5. The van der Waals surface area contributed by atoms with Crippen molar-refractivity contribution >= 4 is 20.0 Å². The van der Waals surface area contributed by atoms with Gasteiger partial charge in [-0.3, -0.25) is 4.79 Å². The third kappa shape index (κ3) is 9.90. The molecule has 286 valence electrons. The van der Waals surface area contributed by atoms with Gasteiger partial charge in [-0.25, -0.2) is 4.79 Å². The lowest BCUT2D eigenvalue weighted by atomic mass is 9.88. The highest BCUT2D eigenvalue weighted by Gasteiger charge is 2.60. The van der Waals surface area contributed by atoms with E-state index in [9.17, 15) is 65.8 Å². The SMILES string of the molecule is CC(=O)N[C@H]1[C@H]([C@H](O)[C@H](O)CO)O[C@@](O[C@H]2[C@@H](O)[C@@H](CO)O[C@@H](O[C@H]3[C@H](O)[C@@H](O)[C@H](OCC[Si](C)(C)C)O[C@@H]3CO)[C@@H]2O)(C(=O)O)C[C@@H]1O. The largest absolute Gasteiger partial charge is 0.477 e. The molecule has 0 aromatic rings. The fraction of sp³-hybridized carbons (Fsp3) is 0.929. The van der Waals surface area contributed by atoms with Gasteiger partial charge in [0.2, 0.25) is 5.91 Å². The fourth-order valence-electron chi connectivity index (χ4n) is 5.77. The van der Waals surface area contributed by atoms with Crippen molar-refractivity contribution in [3.8, 4) is 0 Å². The second kappa shape index (κ2) is 17.4. The molecule has 0 bridgehead atoms. The summed E-state index contributed by atoms with van der Waals surface area (Å²) in [6.45, 7) is 4.77. The molecule has 0 spiro atoms. The number of hydrogen-bond donors (Lipinski definition) is 12. The Hall–Kier alpha value is -1.48. The molecule has 3 aliphatic rings. The molecule has 0 radical (unpaired) electrons. The van der Waals surface area contributed by atoms with Crippen molar-refractivity contribution in [2.45, 2.75) is 137 Å². The molecule has 3 fully saturated rings. The molecule has 3 heterocycles. The lowest BCUT2D eigenvalue weighted by Crippen LogP contribution is -2.70. The van der Waals surface area contributed by atoms with E-state index >= 15 is 0 Å². The number of carboxylic acid groups (broad SMARTS) is 1. The van der Waals surface area contributed by atoms with Crippen LogP contribution in [0.5, 0.6) is 0 Å². The number of carboxylic acids is 1. The zero-order chi connectivity index (χ0) is 37.0. The van der Waals surface area contributed by atoms with E-state index in [1.807, 2.05) is 0 Å². The number of ether oxygens (including phenoxy) is 6. The van der Waals surface area contributed by atoms with Gasteiger partial charge in [-0.15, -0.1) is 0 Å². The smallest absolute Gasteiger partial charge is 0.364 e. The van der Waals surface area contributed by atoms with Crippen LogP contribution in [-0.4, -0.2) is 200 Å². The van der Waals surface area contributed by atoms with Gasteiger partial charge in [0.05, 0.1) is 32.0 Å². The van der Waals surface area contributed by atoms with Crippen LogP contribution in [0.1, 0.15) is 13.3 Å². The topological polar surface area (TPSA) is 324 Å². The summed E-state index contributed by atoms with van der Waals surface area (Å²) in [5, 5.41) is 117. The van der Waals surface area contributed by atoms with Crippen molar-refractivity contribution < 1.29 is 94.2 Å². The molecule has 3 aliphatic heterocycles. The fourth-order valence-corrected chi connectivity index (χ4v) is 6.50. The summed E-state index contributed by atoms with van der Waals surface area (Å²) < 4.78 is 33.6. The predicted molar refractivity (Wildman–Crippen MR) is 162 cm³/mol. The quantitative estimate of drug-likeness (QED) is 0.0697. The van der Waals surface area contributed by atoms with Crippen LogP contribution in [0, 0.1) is 0 Å². The molecular weight excluding hydrogens is 682 g/mol. The van der Waals surface area contributed by atoms with Gasteiger partial charge >= 0.3 is 5.97 Å². The minimum absolute atomic E-state index is 0.192. The third-order valence-electron chi connectivity index (χ3n) is 8.58. The summed E-state index contributed by atoms with van der Waals surface area (Å²) in [7, 11) is -1.54. The van der Waals surface area contributed by atoms with Crippen molar-refractivity contribution in [3.05, 3.63) is 0 Å². The van der Waals surface area contributed by atoms with Gasteiger partial charge in [0.15, 0.2) is 12.6 Å². The zero-order valence-corrected chi connectivity index (χ0v) is 28.6. The maximum Gasteiger partial charge on any atom is 0.364 e. The summed E-state index contributed by atoms with van der Waals surface area (Å²) in [5.41, 5.74) is 0. The molecular formula is C28H51NO19Si. The van der Waals surface area contributed by atoms with Gasteiger partial charge in [-0.05, 0) is 6.04 Å². The molecule has 3 rings (SSSR count). The number of aliphatic carboxylic acids is 1. The average molecular weight is 734 g/mol. The Balaban J connectivity index is 1.88. The number of aliphatic hydroxyl groups excluding tert-OH is 10. The standard InChI is InChI=1S/C28H51NO19Si/c1-11(33)29-16-12(34)7-28(27(41)42,47-23(16)17(36)13(35)8-30)48-24-18(37)14(9-31)44-26(21(24)40)46-22-15(10-32)45-25(20(39)19(22)38)43-5-6-49(2,3)4/h12-26,30-32,34-40H,5-10H2,1-4H3,(H,29,33)(H,41,42)/t12-,13+,14+,15+,16+,17+,18-,19+,20+,21+,22+,23+,24-,25+,26-,28-/m0/s1. The molecule has 20 nitrogen and oxygen atoms in total. The number of hydrogen-bond acceptors (Lipinski definition) is 18. The molecule has 21 heteroatoms. The highest BCUT2D eigenvalue weighted by Crippen LogP contribution is 2.38. The molecule has 3 saturated heterocycles. The van der Waals surface area contributed by atoms with Gasteiger partial charge in [0, 0.05) is 28.0 Å². The van der Waals surface area contributed by atoms with E-state index in [1.165, 1.54) is 0 Å². The van der Waals surface area contributed by atoms with E-state index in [1.54, 1.807) is 0 Å². The van der Waals surface area contributed by atoms with Crippen molar-refractivity contribution in [3.63, 3.8) is 0 Å². The molecule has 0 saturated carbocycles. The first-order valence-electron chi connectivity index (χ1n) is 15.8. The minimum Gasteiger partial charge on any atom is -0.477 e. The van der Waals surface area contributed by atoms with E-state index < -0.39 is 144 Å². The molecule has 0 aliphatic carbocycles. The van der Waals surface area contributed by atoms with Crippen molar-refractivity contribution in [2.75, 3.05) is 26.4 Å². The van der Waals surface area contributed by atoms with E-state index in [2.05, 4.69) is 25.0 Å². The average Bonchev–Trinajstić information content (AvgIpc) is 3.03. The zero-order valence-electron chi connectivity index (χ0n) is 27.6. The number of aliphatic hydroxyl groups is 10. The summed E-state index contributed by atoms with van der Waals surface area (Å²) in [6, 6.07) is -0.837. The monoisotopic (exact) mass is 733 g/mol. The van der Waals surface area contributed by atoms with Crippen molar-refractivity contribution in [1.29, 1.82) is 0 Å². The van der Waals surface area contributed by atoms with Crippen LogP contribution in [0.15, 0.2) is 0 Å². The number of carbonyl (C=O) groups excluding carboxylic acids is 1. The molecule has 16 atom stereocenters. The Morgan fingerprint density at radius 3 is 2.04 bits per heavy atom. The van der Waals surface area contributed by atoms with Crippen LogP contribution in [-0.2, 0) is 38.0 Å². The summed E-state index contributed by atoms with van der Waals surface area (Å²) in [4.78, 5) is 24.5. The molecule has 49 heavy (non-hydrogen) atoms. The second-order valence-corrected chi connectivity index (χ2v) is 19.3.